The molecule has 1 amide bonds. The second-order valence-electron chi connectivity index (χ2n) is 7.94. The Kier molecular flexibility index (Phi) is 5.29. The Hall–Kier alpha value is -3.84. The molecular weight excluding hydrogens is 461 g/mol. The van der Waals surface area contributed by atoms with Gasteiger partial charge in [0.1, 0.15) is 11.4 Å². The molecular formula is C26H19ClFNO5. The monoisotopic (exact) mass is 479 g/mol. The van der Waals surface area contributed by atoms with Crippen LogP contribution >= 0.6 is 11.6 Å². The number of anilines is 1. The second-order valence-corrected chi connectivity index (χ2v) is 8.35. The highest BCUT2D eigenvalue weighted by Gasteiger charge is 2.44. The van der Waals surface area contributed by atoms with Crippen molar-refractivity contribution in [3.05, 3.63) is 98.1 Å². The summed E-state index contributed by atoms with van der Waals surface area (Å²) in [5.41, 5.74) is 1.68. The van der Waals surface area contributed by atoms with E-state index in [1.165, 1.54) is 31.3 Å². The molecule has 0 radical (unpaired) electrons. The summed E-state index contributed by atoms with van der Waals surface area (Å²) < 4.78 is 30.6. The van der Waals surface area contributed by atoms with Gasteiger partial charge in [0, 0.05) is 10.7 Å². The molecule has 0 aliphatic carbocycles. The smallest absolute Gasteiger partial charge is 0.295 e. The first-order valence-corrected chi connectivity index (χ1v) is 10.8. The Morgan fingerprint density at radius 2 is 1.74 bits per heavy atom. The maximum atomic E-state index is 14.0. The van der Waals surface area contributed by atoms with Crippen molar-refractivity contribution in [2.45, 2.75) is 13.0 Å². The summed E-state index contributed by atoms with van der Waals surface area (Å²) in [6, 6.07) is 13.1. The summed E-state index contributed by atoms with van der Waals surface area (Å²) >= 11 is 6.36. The van der Waals surface area contributed by atoms with Gasteiger partial charge in [-0.2, -0.15) is 0 Å². The normalized spacial score (nSPS) is 15.0. The van der Waals surface area contributed by atoms with E-state index in [1.54, 1.807) is 36.4 Å². The number of ether oxygens (including phenoxy) is 2. The standard InChI is InChI=1S/C26H19ClFNO5/c1-13-4-7-16(12-18(13)27)29-23(14-5-8-20(32-2)21(10-14)33-3)22-24(30)17-11-15(28)6-9-19(17)34-25(22)26(29)31/h4-12,23H,1-3H3. The minimum absolute atomic E-state index is 0.0563. The van der Waals surface area contributed by atoms with Crippen molar-refractivity contribution >= 4 is 34.2 Å². The number of rotatable bonds is 4. The van der Waals surface area contributed by atoms with Gasteiger partial charge in [0.15, 0.2) is 16.9 Å². The lowest BCUT2D eigenvalue weighted by Crippen LogP contribution is -2.29. The van der Waals surface area contributed by atoms with E-state index in [2.05, 4.69) is 0 Å². The average molecular weight is 480 g/mol. The van der Waals surface area contributed by atoms with Gasteiger partial charge in [-0.3, -0.25) is 14.5 Å². The minimum atomic E-state index is -0.856. The molecule has 1 aromatic heterocycles. The van der Waals surface area contributed by atoms with Gasteiger partial charge < -0.3 is 13.9 Å². The van der Waals surface area contributed by atoms with E-state index >= 15 is 0 Å². The summed E-state index contributed by atoms with van der Waals surface area (Å²) in [5.74, 6) is -0.250. The molecule has 1 atom stereocenters. The molecule has 3 aromatic carbocycles. The van der Waals surface area contributed by atoms with E-state index in [0.717, 1.165) is 11.6 Å². The number of hydrogen-bond donors (Lipinski definition) is 0. The molecule has 6 nitrogen and oxygen atoms in total. The molecule has 0 saturated carbocycles. The van der Waals surface area contributed by atoms with E-state index in [9.17, 15) is 14.0 Å². The van der Waals surface area contributed by atoms with Crippen molar-refractivity contribution < 1.29 is 23.1 Å². The van der Waals surface area contributed by atoms with E-state index in [0.29, 0.717) is 27.8 Å². The lowest BCUT2D eigenvalue weighted by Gasteiger charge is -2.26. The van der Waals surface area contributed by atoms with Crippen molar-refractivity contribution in [3.63, 3.8) is 0 Å². The molecule has 0 fully saturated rings. The van der Waals surface area contributed by atoms with Gasteiger partial charge in [-0.1, -0.05) is 23.7 Å². The maximum absolute atomic E-state index is 14.0. The second kappa shape index (κ2) is 8.18. The fourth-order valence-electron chi connectivity index (χ4n) is 4.28. The number of nitrogens with zero attached hydrogens (tertiary/aromatic N) is 1. The van der Waals surface area contributed by atoms with Crippen LogP contribution in [0.25, 0.3) is 11.0 Å². The zero-order valence-corrected chi connectivity index (χ0v) is 19.3. The van der Waals surface area contributed by atoms with Crippen LogP contribution in [0.4, 0.5) is 10.1 Å². The third kappa shape index (κ3) is 3.31. The fraction of sp³-hybridized carbons (Fsp3) is 0.154. The molecule has 0 saturated heterocycles. The molecule has 4 aromatic rings. The van der Waals surface area contributed by atoms with Crippen molar-refractivity contribution in [1.29, 1.82) is 0 Å². The van der Waals surface area contributed by atoms with Crippen LogP contribution in [0.5, 0.6) is 11.5 Å². The van der Waals surface area contributed by atoms with Crippen molar-refractivity contribution in [2.24, 2.45) is 0 Å². The number of amides is 1. The molecule has 0 N–H and O–H groups in total. The van der Waals surface area contributed by atoms with Gasteiger partial charge in [0.25, 0.3) is 5.91 Å². The average Bonchev–Trinajstić information content (AvgIpc) is 3.13. The zero-order chi connectivity index (χ0) is 24.1. The Morgan fingerprint density at radius 1 is 0.971 bits per heavy atom. The van der Waals surface area contributed by atoms with Crippen molar-refractivity contribution in [2.75, 3.05) is 19.1 Å². The SMILES string of the molecule is COc1ccc(C2c3c(oc4ccc(F)cc4c3=O)C(=O)N2c2ccc(C)c(Cl)c2)cc1OC. The molecule has 2 heterocycles. The van der Waals surface area contributed by atoms with Crippen molar-refractivity contribution in [3.8, 4) is 11.5 Å². The quantitative estimate of drug-likeness (QED) is 0.377. The van der Waals surface area contributed by atoms with E-state index in [1.807, 2.05) is 6.92 Å². The summed E-state index contributed by atoms with van der Waals surface area (Å²) in [6.45, 7) is 1.85. The predicted octanol–water partition coefficient (Wildman–Crippen LogP) is 5.66. The Bertz CT molecular complexity index is 1530. The lowest BCUT2D eigenvalue weighted by atomic mass is 9.97. The zero-order valence-electron chi connectivity index (χ0n) is 18.5. The first-order chi connectivity index (χ1) is 16.3. The highest BCUT2D eigenvalue weighted by Crippen LogP contribution is 2.43. The topological polar surface area (TPSA) is 69.0 Å². The Balaban J connectivity index is 1.82. The van der Waals surface area contributed by atoms with E-state index in [-0.39, 0.29) is 22.3 Å². The molecule has 1 aliphatic heterocycles. The molecule has 34 heavy (non-hydrogen) atoms. The van der Waals surface area contributed by atoms with Crippen LogP contribution in [0.3, 0.4) is 0 Å². The third-order valence-electron chi connectivity index (χ3n) is 5.99. The van der Waals surface area contributed by atoms with Crippen LogP contribution < -0.4 is 19.8 Å². The number of methoxy groups -OCH3 is 2. The number of carbonyl (C=O) groups excluding carboxylic acids is 1. The van der Waals surface area contributed by atoms with Gasteiger partial charge >= 0.3 is 0 Å². The van der Waals surface area contributed by atoms with E-state index < -0.39 is 23.2 Å². The number of aryl methyl sites for hydroxylation is 1. The summed E-state index contributed by atoms with van der Waals surface area (Å²) in [7, 11) is 3.01. The Labute approximate surface area is 199 Å². The minimum Gasteiger partial charge on any atom is -0.493 e. The van der Waals surface area contributed by atoms with Gasteiger partial charge in [-0.05, 0) is 60.5 Å². The molecule has 1 unspecified atom stereocenters. The molecule has 0 bridgehead atoms. The highest BCUT2D eigenvalue weighted by molar-refractivity contribution is 6.31. The number of halogens is 2. The summed E-state index contributed by atoms with van der Waals surface area (Å²) in [6.07, 6.45) is 0. The van der Waals surface area contributed by atoms with Crippen LogP contribution in [-0.2, 0) is 0 Å². The predicted molar refractivity (Wildman–Crippen MR) is 127 cm³/mol. The Morgan fingerprint density at radius 3 is 2.44 bits per heavy atom. The van der Waals surface area contributed by atoms with Crippen LogP contribution in [0, 0.1) is 12.7 Å². The molecule has 0 spiro atoms. The van der Waals surface area contributed by atoms with Crippen LogP contribution in [0.2, 0.25) is 5.02 Å². The first-order valence-electron chi connectivity index (χ1n) is 10.4. The van der Waals surface area contributed by atoms with Crippen LogP contribution in [0.15, 0.2) is 63.8 Å². The first kappa shape index (κ1) is 22.0. The number of hydrogen-bond acceptors (Lipinski definition) is 5. The lowest BCUT2D eigenvalue weighted by molar-refractivity contribution is 0.0971. The van der Waals surface area contributed by atoms with Gasteiger partial charge in [0.2, 0.25) is 5.76 Å². The molecule has 8 heteroatoms. The van der Waals surface area contributed by atoms with Gasteiger partial charge in [-0.25, -0.2) is 4.39 Å². The third-order valence-corrected chi connectivity index (χ3v) is 6.40. The highest BCUT2D eigenvalue weighted by atomic mass is 35.5. The number of carbonyl (C=O) groups is 1. The number of fused-ring (bicyclic) bond motifs is 2. The largest absolute Gasteiger partial charge is 0.493 e. The molecule has 5 rings (SSSR count). The molecule has 172 valence electrons. The van der Waals surface area contributed by atoms with Crippen molar-refractivity contribution in [1.82, 2.24) is 0 Å². The van der Waals surface area contributed by atoms with E-state index in [4.69, 9.17) is 25.5 Å². The number of benzene rings is 3. The summed E-state index contributed by atoms with van der Waals surface area (Å²) in [4.78, 5) is 28.7. The van der Waals surface area contributed by atoms with Crippen LogP contribution in [-0.4, -0.2) is 20.1 Å². The fourth-order valence-corrected chi connectivity index (χ4v) is 4.46. The summed E-state index contributed by atoms with van der Waals surface area (Å²) in [5, 5.41) is 0.527. The van der Waals surface area contributed by atoms with Gasteiger partial charge in [-0.15, -0.1) is 0 Å². The molecule has 1 aliphatic rings. The van der Waals surface area contributed by atoms with Gasteiger partial charge in [0.05, 0.1) is 31.2 Å². The maximum Gasteiger partial charge on any atom is 0.295 e. The van der Waals surface area contributed by atoms with Crippen LogP contribution in [0.1, 0.15) is 33.3 Å².